The Morgan fingerprint density at radius 1 is 0.397 bits per heavy atom. The van der Waals surface area contributed by atoms with Crippen LogP contribution in [-0.4, -0.2) is 108 Å². The first kappa shape index (κ1) is 97.8. The molecule has 5 atom stereocenters. The maximum absolute atomic E-state index is 12.4. The molecule has 0 aromatic rings. The fraction of sp³-hybridized carbons (Fsp3) is 0.897. The topological polar surface area (TPSA) is 260 Å². The van der Waals surface area contributed by atoms with E-state index >= 15 is 0 Å². The lowest BCUT2D eigenvalue weighted by Gasteiger charge is -2.61. The van der Waals surface area contributed by atoms with E-state index in [1.165, 1.54) is 141 Å². The zero-order valence-electron chi connectivity index (χ0n) is 77.3. The van der Waals surface area contributed by atoms with Gasteiger partial charge in [0.1, 0.15) is 41.2 Å². The van der Waals surface area contributed by atoms with Gasteiger partial charge in [-0.3, -0.25) is 33.6 Å². The number of ether oxygens (including phenoxy) is 9. The summed E-state index contributed by atoms with van der Waals surface area (Å²) in [5, 5.41) is 9.31. The van der Waals surface area contributed by atoms with E-state index in [-0.39, 0.29) is 112 Å². The van der Waals surface area contributed by atoms with Gasteiger partial charge < -0.3 is 42.6 Å². The molecule has 5 unspecified atom stereocenters. The summed E-state index contributed by atoms with van der Waals surface area (Å²) in [5.74, 6) is 3.94. The molecule has 14 rings (SSSR count). The number of fused-ring (bicyclic) bond motifs is 1. The highest BCUT2D eigenvalue weighted by Crippen LogP contribution is 2.67. The van der Waals surface area contributed by atoms with Gasteiger partial charge in [-0.25, -0.2) is 9.59 Å². The van der Waals surface area contributed by atoms with Crippen LogP contribution in [0.4, 0.5) is 0 Å². The summed E-state index contributed by atoms with van der Waals surface area (Å²) in [5.41, 5.74) is -4.67. The standard InChI is InChI=1S/2C21H34O4.C16H30O2.C15H19NO4.2C12H22O2/c2*1-6-19(2,3)18(23)24-13-17(22)25-20(4,5)21-10-14-7-15(11-21)9-16(8-14)12-21;1-7-15(3,4)14(17)18-16(5,6)13-10-8-12(2)9-11-13;1-4-14(2,3)12(17)19-10-8-5-9-11(10)20-13(18)15(9,6-8)7-16;2*1-4-12(2,3)11(13)14-10-8-6-5-7-9-10/h2*14-16H,6-13H2,1-5H3;12-13H,7-11H2,1-6H3;8-11H,4-6H2,1-3H3;2*10H,4-9H2,1-3H3. The van der Waals surface area contributed by atoms with Crippen molar-refractivity contribution in [3.8, 4) is 6.07 Å². The van der Waals surface area contributed by atoms with Crippen molar-refractivity contribution in [3.05, 3.63) is 0 Å². The van der Waals surface area contributed by atoms with E-state index in [1.807, 2.05) is 125 Å². The molecule has 0 spiro atoms. The highest BCUT2D eigenvalue weighted by atomic mass is 16.6. The first-order chi connectivity index (χ1) is 53.8. The molecule has 0 aromatic heterocycles. The Labute approximate surface area is 701 Å². The molecule has 19 nitrogen and oxygen atoms in total. The molecule has 0 radical (unpaired) electrons. The maximum atomic E-state index is 12.4. The smallest absolute Gasteiger partial charge is 0.344 e. The second-order valence-corrected chi connectivity index (χ2v) is 43.9. The number of esters is 9. The van der Waals surface area contributed by atoms with Crippen LogP contribution in [0.2, 0.25) is 0 Å². The van der Waals surface area contributed by atoms with Crippen LogP contribution in [0.3, 0.4) is 0 Å². The number of carbonyl (C=O) groups excluding carboxylic acids is 9. The Morgan fingerprint density at radius 2 is 0.707 bits per heavy atom. The van der Waals surface area contributed by atoms with Crippen LogP contribution in [0.25, 0.3) is 0 Å². The number of carbonyl (C=O) groups is 9. The maximum Gasteiger partial charge on any atom is 0.344 e. The lowest BCUT2D eigenvalue weighted by Crippen LogP contribution is -2.57. The number of nitrogens with zero attached hydrogens (tertiary/aromatic N) is 1. The second kappa shape index (κ2) is 39.3. The number of hydrogen-bond donors (Lipinski definition) is 0. The van der Waals surface area contributed by atoms with Crippen molar-refractivity contribution in [1.29, 1.82) is 5.26 Å². The monoisotopic (exact) mass is 1630 g/mol. The molecule has 19 heteroatoms. The lowest BCUT2D eigenvalue weighted by atomic mass is 9.46. The highest BCUT2D eigenvalue weighted by molar-refractivity contribution is 5.85. The van der Waals surface area contributed by atoms with Crippen molar-refractivity contribution >= 4 is 53.7 Å². The molecule has 662 valence electrons. The van der Waals surface area contributed by atoms with E-state index in [2.05, 4.69) is 54.5 Å². The molecule has 0 aromatic carbocycles. The highest BCUT2D eigenvalue weighted by Gasteiger charge is 2.72. The molecule has 116 heavy (non-hydrogen) atoms. The molecular formula is C97H161NO18. The van der Waals surface area contributed by atoms with Crippen molar-refractivity contribution in [2.45, 2.75) is 433 Å². The van der Waals surface area contributed by atoms with Crippen LogP contribution >= 0.6 is 0 Å². The Bertz CT molecular complexity index is 3160. The Kier molecular flexibility index (Phi) is 33.1. The summed E-state index contributed by atoms with van der Waals surface area (Å²) in [6.45, 7) is 48.9. The summed E-state index contributed by atoms with van der Waals surface area (Å²) in [6.07, 6.45) is 37.3. The van der Waals surface area contributed by atoms with Gasteiger partial charge in [-0.15, -0.1) is 0 Å². The fourth-order valence-corrected chi connectivity index (χ4v) is 21.0. The van der Waals surface area contributed by atoms with Crippen molar-refractivity contribution in [1.82, 2.24) is 0 Å². The molecule has 10 bridgehead atoms. The molecule has 14 aliphatic rings. The number of rotatable bonds is 25. The first-order valence-electron chi connectivity index (χ1n) is 46.1. The normalized spacial score (nSPS) is 30.5. The van der Waals surface area contributed by atoms with Crippen LogP contribution < -0.4 is 0 Å². The summed E-state index contributed by atoms with van der Waals surface area (Å²) in [7, 11) is 0. The quantitative estimate of drug-likeness (QED) is 0.0607. The van der Waals surface area contributed by atoms with Crippen LogP contribution in [0.1, 0.15) is 391 Å². The lowest BCUT2D eigenvalue weighted by molar-refractivity contribution is -0.203. The van der Waals surface area contributed by atoms with E-state index in [0.717, 1.165) is 92.8 Å². The summed E-state index contributed by atoms with van der Waals surface area (Å²) >= 11 is 0. The van der Waals surface area contributed by atoms with E-state index in [4.69, 9.17) is 42.6 Å². The minimum atomic E-state index is -0.974. The first-order valence-corrected chi connectivity index (χ1v) is 46.1. The van der Waals surface area contributed by atoms with Crippen molar-refractivity contribution < 1.29 is 85.8 Å². The Hall–Kier alpha value is -5.28. The second-order valence-electron chi connectivity index (χ2n) is 43.9. The van der Waals surface area contributed by atoms with Crippen molar-refractivity contribution in [2.75, 3.05) is 13.2 Å². The summed E-state index contributed by atoms with van der Waals surface area (Å²) in [6, 6.07) is 2.15. The minimum absolute atomic E-state index is 0.0214. The third-order valence-corrected chi connectivity index (χ3v) is 31.6. The van der Waals surface area contributed by atoms with E-state index in [9.17, 15) is 48.4 Å². The molecule has 1 aliphatic heterocycles. The fourth-order valence-electron chi connectivity index (χ4n) is 21.0. The predicted octanol–water partition coefficient (Wildman–Crippen LogP) is 22.0. The summed E-state index contributed by atoms with van der Waals surface area (Å²) < 4.78 is 50.1. The molecule has 13 saturated carbocycles. The van der Waals surface area contributed by atoms with E-state index in [0.29, 0.717) is 31.6 Å². The average Bonchev–Trinajstić information content (AvgIpc) is 1.30. The van der Waals surface area contributed by atoms with Crippen molar-refractivity contribution in [2.24, 2.45) is 108 Å². The van der Waals surface area contributed by atoms with Gasteiger partial charge in [-0.1, -0.05) is 74.1 Å². The van der Waals surface area contributed by atoms with Gasteiger partial charge in [0, 0.05) is 22.7 Å². The minimum Gasteiger partial charge on any atom is -0.462 e. The molecule has 14 fully saturated rings. The van der Waals surface area contributed by atoms with Crippen LogP contribution in [0, 0.1) is 119 Å². The molecule has 1 heterocycles. The Morgan fingerprint density at radius 3 is 1.03 bits per heavy atom. The SMILES string of the molecule is CCC(C)(C)C(=O)OC(C)(C)C1CCC(C)CC1.CCC(C)(C)C(=O)OC1C2CC3C1OC(=O)C3(C#N)C2.CCC(C)(C)C(=O)OC1CCCCC1.CCC(C)(C)C(=O)OC1CCCCC1.CCC(C)(C)C(=O)OCC(=O)OC(C)(C)C12CC3CC(CC(C3)C1)C2.CCC(C)(C)C(=O)OCC(=O)OC(C)(C)C12CC3CC(CC(C3)C1)C2. The average molecular weight is 1630 g/mol. The van der Waals surface area contributed by atoms with Gasteiger partial charge in [0.25, 0.3) is 0 Å². The zero-order chi connectivity index (χ0) is 86.8. The van der Waals surface area contributed by atoms with Gasteiger partial charge >= 0.3 is 53.7 Å². The molecular weight excluding hydrogens is 1470 g/mol. The van der Waals surface area contributed by atoms with Gasteiger partial charge in [0.2, 0.25) is 0 Å². The predicted molar refractivity (Wildman–Crippen MR) is 449 cm³/mol. The third kappa shape index (κ3) is 23.9. The van der Waals surface area contributed by atoms with Gasteiger partial charge in [0.15, 0.2) is 18.6 Å². The zero-order valence-corrected chi connectivity index (χ0v) is 77.3. The third-order valence-electron chi connectivity index (χ3n) is 31.6. The van der Waals surface area contributed by atoms with Crippen LogP contribution in [-0.2, 0) is 85.8 Å². The van der Waals surface area contributed by atoms with E-state index in [1.54, 1.807) is 0 Å². The van der Waals surface area contributed by atoms with Gasteiger partial charge in [-0.2, -0.15) is 5.26 Å². The Balaban J connectivity index is 0.000000195. The van der Waals surface area contributed by atoms with Crippen LogP contribution in [0.5, 0.6) is 0 Å². The number of hydrogen-bond acceptors (Lipinski definition) is 19. The molecule has 0 amide bonds. The molecule has 13 aliphatic carbocycles. The van der Waals surface area contributed by atoms with E-state index < -0.39 is 56.9 Å². The number of nitriles is 1. The van der Waals surface area contributed by atoms with Crippen molar-refractivity contribution in [3.63, 3.8) is 0 Å². The largest absolute Gasteiger partial charge is 0.462 e. The van der Waals surface area contributed by atoms with Gasteiger partial charge in [-0.05, 0) is 365 Å². The molecule has 1 saturated heterocycles. The molecule has 0 N–H and O–H groups in total. The van der Waals surface area contributed by atoms with Gasteiger partial charge in [0.05, 0.1) is 38.6 Å². The van der Waals surface area contributed by atoms with Crippen LogP contribution in [0.15, 0.2) is 0 Å². The summed E-state index contributed by atoms with van der Waals surface area (Å²) in [4.78, 5) is 109.